The smallest absolute Gasteiger partial charge is 0.126 e. The van der Waals surface area contributed by atoms with Gasteiger partial charge in [-0.1, -0.05) is 12.1 Å². The Balaban J connectivity index is 2.65. The molecule has 2 atom stereocenters. The maximum absolute atomic E-state index is 13.3. The van der Waals surface area contributed by atoms with E-state index in [1.165, 1.54) is 6.07 Å². The van der Waals surface area contributed by atoms with Gasteiger partial charge in [-0.15, -0.1) is 0 Å². The van der Waals surface area contributed by atoms with Gasteiger partial charge in [-0.2, -0.15) is 0 Å². The van der Waals surface area contributed by atoms with Crippen molar-refractivity contribution in [2.75, 3.05) is 13.7 Å². The fourth-order valence-corrected chi connectivity index (χ4v) is 1.52. The summed E-state index contributed by atoms with van der Waals surface area (Å²) >= 11 is 0. The van der Waals surface area contributed by atoms with Crippen LogP contribution >= 0.6 is 0 Å². The zero-order chi connectivity index (χ0) is 12.1. The van der Waals surface area contributed by atoms with Crippen molar-refractivity contribution in [1.29, 1.82) is 0 Å². The summed E-state index contributed by atoms with van der Waals surface area (Å²) in [6.07, 6.45) is -0.392. The first-order chi connectivity index (χ1) is 7.54. The summed E-state index contributed by atoms with van der Waals surface area (Å²) in [4.78, 5) is 0. The Morgan fingerprint density at radius 3 is 2.75 bits per heavy atom. The number of methoxy groups -OCH3 is 1. The van der Waals surface area contributed by atoms with Gasteiger partial charge in [0.15, 0.2) is 0 Å². The van der Waals surface area contributed by atoms with Crippen LogP contribution in [0.15, 0.2) is 18.2 Å². The highest BCUT2D eigenvalue weighted by atomic mass is 19.1. The Labute approximate surface area is 95.0 Å². The summed E-state index contributed by atoms with van der Waals surface area (Å²) in [5.74, 6) is -0.308. The molecule has 0 aliphatic carbocycles. The molecule has 0 spiro atoms. The van der Waals surface area contributed by atoms with E-state index in [9.17, 15) is 9.50 Å². The molecule has 0 radical (unpaired) electrons. The molecule has 3 nitrogen and oxygen atoms in total. The third-order valence-electron chi connectivity index (χ3n) is 2.49. The van der Waals surface area contributed by atoms with Gasteiger partial charge in [0.1, 0.15) is 5.82 Å². The third-order valence-corrected chi connectivity index (χ3v) is 2.49. The molecule has 90 valence electrons. The van der Waals surface area contributed by atoms with Crippen LogP contribution in [0.4, 0.5) is 4.39 Å². The summed E-state index contributed by atoms with van der Waals surface area (Å²) in [5, 5.41) is 9.83. The molecule has 0 saturated heterocycles. The van der Waals surface area contributed by atoms with Gasteiger partial charge in [0.25, 0.3) is 0 Å². The Bertz CT molecular complexity index is 344. The molecule has 1 aromatic rings. The summed E-state index contributed by atoms with van der Waals surface area (Å²) in [6.45, 7) is 2.06. The Morgan fingerprint density at radius 1 is 1.50 bits per heavy atom. The molecule has 0 amide bonds. The number of aliphatic hydroxyl groups is 1. The molecule has 0 aliphatic heterocycles. The van der Waals surface area contributed by atoms with Gasteiger partial charge in [0.2, 0.25) is 0 Å². The largest absolute Gasteiger partial charge is 0.388 e. The van der Waals surface area contributed by atoms with Gasteiger partial charge in [-0.05, 0) is 30.5 Å². The average Bonchev–Trinajstić information content (AvgIpc) is 2.22. The number of benzene rings is 1. The van der Waals surface area contributed by atoms with E-state index in [2.05, 4.69) is 0 Å². The molecule has 0 heterocycles. The van der Waals surface area contributed by atoms with Gasteiger partial charge in [0.05, 0.1) is 12.7 Å². The van der Waals surface area contributed by atoms with Crippen LogP contribution < -0.4 is 5.73 Å². The van der Waals surface area contributed by atoms with Crippen LogP contribution in [0, 0.1) is 12.7 Å². The normalized spacial score (nSPS) is 14.8. The first-order valence-corrected chi connectivity index (χ1v) is 5.23. The lowest BCUT2D eigenvalue weighted by atomic mass is 10.0. The van der Waals surface area contributed by atoms with Gasteiger partial charge >= 0.3 is 0 Å². The Kier molecular flexibility index (Phi) is 4.86. The molecule has 4 heteroatoms. The van der Waals surface area contributed by atoms with Crippen LogP contribution in [0.25, 0.3) is 0 Å². The van der Waals surface area contributed by atoms with Gasteiger partial charge < -0.3 is 15.6 Å². The minimum absolute atomic E-state index is 0.246. The third kappa shape index (κ3) is 3.56. The number of hydrogen-bond acceptors (Lipinski definition) is 3. The van der Waals surface area contributed by atoms with Crippen molar-refractivity contribution in [2.45, 2.75) is 25.5 Å². The fourth-order valence-electron chi connectivity index (χ4n) is 1.52. The molecule has 1 rings (SSSR count). The zero-order valence-corrected chi connectivity index (χ0v) is 9.61. The molecule has 0 aromatic heterocycles. The molecule has 2 unspecified atom stereocenters. The molecule has 0 saturated carbocycles. The number of rotatable bonds is 5. The number of aliphatic hydroxyl groups excluding tert-OH is 1. The first-order valence-electron chi connectivity index (χ1n) is 5.23. The second kappa shape index (κ2) is 5.94. The van der Waals surface area contributed by atoms with E-state index in [-0.39, 0.29) is 11.9 Å². The lowest BCUT2D eigenvalue weighted by Gasteiger charge is -2.16. The van der Waals surface area contributed by atoms with Crippen LogP contribution in [0.1, 0.15) is 23.7 Å². The van der Waals surface area contributed by atoms with Crippen molar-refractivity contribution in [3.05, 3.63) is 35.1 Å². The number of halogens is 1. The summed E-state index contributed by atoms with van der Waals surface area (Å²) < 4.78 is 18.1. The van der Waals surface area contributed by atoms with Crippen LogP contribution in [0.3, 0.4) is 0 Å². The van der Waals surface area contributed by atoms with E-state index in [4.69, 9.17) is 10.5 Å². The van der Waals surface area contributed by atoms with Crippen molar-refractivity contribution in [2.24, 2.45) is 5.73 Å². The number of nitrogens with two attached hydrogens (primary N) is 1. The monoisotopic (exact) mass is 227 g/mol. The van der Waals surface area contributed by atoms with Gasteiger partial charge in [0, 0.05) is 13.2 Å². The molecule has 16 heavy (non-hydrogen) atoms. The SMILES string of the molecule is COCC(N)CC(O)c1ccc(C)c(F)c1. The number of hydrogen-bond donors (Lipinski definition) is 2. The fraction of sp³-hybridized carbons (Fsp3) is 0.500. The van der Waals surface area contributed by atoms with E-state index in [0.717, 1.165) is 0 Å². The van der Waals surface area contributed by atoms with Gasteiger partial charge in [-0.25, -0.2) is 4.39 Å². The maximum Gasteiger partial charge on any atom is 0.126 e. The zero-order valence-electron chi connectivity index (χ0n) is 9.61. The highest BCUT2D eigenvalue weighted by Crippen LogP contribution is 2.20. The predicted molar refractivity (Wildman–Crippen MR) is 60.6 cm³/mol. The second-order valence-corrected chi connectivity index (χ2v) is 3.98. The van der Waals surface area contributed by atoms with Crippen molar-refractivity contribution in [3.63, 3.8) is 0 Å². The number of aryl methyl sites for hydroxylation is 1. The van der Waals surface area contributed by atoms with Crippen molar-refractivity contribution < 1.29 is 14.2 Å². The van der Waals surface area contributed by atoms with Crippen LogP contribution in [-0.4, -0.2) is 24.9 Å². The molecular weight excluding hydrogens is 209 g/mol. The minimum Gasteiger partial charge on any atom is -0.388 e. The molecule has 0 aliphatic rings. The van der Waals surface area contributed by atoms with Crippen molar-refractivity contribution in [3.8, 4) is 0 Å². The maximum atomic E-state index is 13.3. The average molecular weight is 227 g/mol. The highest BCUT2D eigenvalue weighted by molar-refractivity contribution is 5.24. The quantitative estimate of drug-likeness (QED) is 0.802. The van der Waals surface area contributed by atoms with E-state index in [1.807, 2.05) is 0 Å². The van der Waals surface area contributed by atoms with Crippen LogP contribution in [0.2, 0.25) is 0 Å². The minimum atomic E-state index is -0.750. The summed E-state index contributed by atoms with van der Waals surface area (Å²) in [7, 11) is 1.55. The summed E-state index contributed by atoms with van der Waals surface area (Å²) in [5.41, 5.74) is 6.83. The summed E-state index contributed by atoms with van der Waals surface area (Å²) in [6, 6.07) is 4.46. The van der Waals surface area contributed by atoms with E-state index >= 15 is 0 Å². The standard InChI is InChI=1S/C12H18FNO2/c1-8-3-4-9(5-11(8)13)12(15)6-10(14)7-16-2/h3-5,10,12,15H,6-7,14H2,1-2H3. The van der Waals surface area contributed by atoms with E-state index in [1.54, 1.807) is 26.2 Å². The molecule has 1 aromatic carbocycles. The van der Waals surface area contributed by atoms with Crippen LogP contribution in [0.5, 0.6) is 0 Å². The van der Waals surface area contributed by atoms with Gasteiger partial charge in [-0.3, -0.25) is 0 Å². The molecule has 3 N–H and O–H groups in total. The molecular formula is C12H18FNO2. The Morgan fingerprint density at radius 2 is 2.19 bits per heavy atom. The highest BCUT2D eigenvalue weighted by Gasteiger charge is 2.13. The van der Waals surface area contributed by atoms with Crippen molar-refractivity contribution in [1.82, 2.24) is 0 Å². The van der Waals surface area contributed by atoms with Crippen LogP contribution in [-0.2, 0) is 4.74 Å². The van der Waals surface area contributed by atoms with E-state index < -0.39 is 6.10 Å². The second-order valence-electron chi connectivity index (χ2n) is 3.98. The lowest BCUT2D eigenvalue weighted by molar-refractivity contribution is 0.122. The first kappa shape index (κ1) is 13.1. The lowest BCUT2D eigenvalue weighted by Crippen LogP contribution is -2.27. The van der Waals surface area contributed by atoms with E-state index in [0.29, 0.717) is 24.2 Å². The molecule has 0 bridgehead atoms. The topological polar surface area (TPSA) is 55.5 Å². The number of ether oxygens (including phenoxy) is 1. The Hall–Kier alpha value is -0.970. The predicted octanol–water partition coefficient (Wildman–Crippen LogP) is 1.53. The molecule has 0 fully saturated rings. The van der Waals surface area contributed by atoms with Crippen molar-refractivity contribution >= 4 is 0 Å².